The molecule has 8 nitrogen and oxygen atoms in total. The zero-order chi connectivity index (χ0) is 33.1. The number of hydrogen-bond donors (Lipinski definition) is 3. The Morgan fingerprint density at radius 2 is 1.58 bits per heavy atom. The molecule has 1 aliphatic rings. The largest absolute Gasteiger partial charge is 0.489 e. The number of carboxylic acid groups (broad SMARTS) is 1. The Morgan fingerprint density at radius 3 is 2.25 bits per heavy atom. The summed E-state index contributed by atoms with van der Waals surface area (Å²) in [7, 11) is 0. The van der Waals surface area contributed by atoms with Crippen LogP contribution >= 0.6 is 24.0 Å². The van der Waals surface area contributed by atoms with E-state index < -0.39 is 11.5 Å². The second-order valence-corrected chi connectivity index (χ2v) is 13.2. The maximum Gasteiger partial charge on any atom is 0.335 e. The fraction of sp³-hybridized carbons (Fsp3) is 0.289. The number of aromatic nitrogens is 2. The van der Waals surface area contributed by atoms with Crippen LogP contribution in [0.1, 0.15) is 78.3 Å². The van der Waals surface area contributed by atoms with E-state index in [-0.39, 0.29) is 37.1 Å². The van der Waals surface area contributed by atoms with E-state index in [0.29, 0.717) is 27.9 Å². The molecule has 1 fully saturated rings. The molecule has 1 saturated carbocycles. The van der Waals surface area contributed by atoms with Crippen LogP contribution in [0.15, 0.2) is 84.9 Å². The number of amides is 1. The quantitative estimate of drug-likeness (QED) is 0.135. The summed E-state index contributed by atoms with van der Waals surface area (Å²) in [6, 6.07) is 26.3. The molecule has 0 spiro atoms. The topological polar surface area (TPSA) is 114 Å². The number of aliphatic hydroxyl groups is 1. The molecule has 5 aromatic rings. The summed E-state index contributed by atoms with van der Waals surface area (Å²) in [4.78, 5) is 29.6. The third-order valence-electron chi connectivity index (χ3n) is 8.75. The monoisotopic (exact) mass is 687 g/mol. The van der Waals surface area contributed by atoms with Gasteiger partial charge in [0, 0.05) is 22.2 Å². The highest BCUT2D eigenvalue weighted by Crippen LogP contribution is 2.37. The van der Waals surface area contributed by atoms with E-state index in [9.17, 15) is 19.8 Å². The van der Waals surface area contributed by atoms with Gasteiger partial charge in [-0.15, -0.1) is 12.4 Å². The summed E-state index contributed by atoms with van der Waals surface area (Å²) in [5.41, 5.74) is 5.13. The third-order valence-corrected chi connectivity index (χ3v) is 9.00. The molecular weight excluding hydrogens is 649 g/mol. The highest BCUT2D eigenvalue weighted by molar-refractivity contribution is 6.30. The molecule has 0 atom stereocenters. The number of nitrogens with zero attached hydrogens (tertiary/aromatic N) is 2. The fourth-order valence-electron chi connectivity index (χ4n) is 6.19. The number of carboxylic acids is 1. The van der Waals surface area contributed by atoms with Crippen molar-refractivity contribution in [2.45, 2.75) is 64.1 Å². The molecule has 0 aliphatic heterocycles. The molecule has 0 saturated heterocycles. The Labute approximate surface area is 291 Å². The van der Waals surface area contributed by atoms with Crippen molar-refractivity contribution in [1.82, 2.24) is 14.9 Å². The first-order chi connectivity index (χ1) is 22.6. The Hall–Kier alpha value is -4.37. The number of aromatic carboxylic acids is 1. The molecule has 1 heterocycles. The molecule has 0 radical (unpaired) electrons. The molecular formula is C38H39Cl2N3O5. The third kappa shape index (κ3) is 7.67. The Kier molecular flexibility index (Phi) is 10.8. The van der Waals surface area contributed by atoms with Gasteiger partial charge >= 0.3 is 5.97 Å². The van der Waals surface area contributed by atoms with Crippen molar-refractivity contribution in [3.63, 3.8) is 0 Å². The molecule has 1 aliphatic carbocycles. The number of hydrogen-bond acceptors (Lipinski definition) is 5. The molecule has 6 rings (SSSR count). The minimum Gasteiger partial charge on any atom is -0.489 e. The normalized spacial score (nSPS) is 13.6. The van der Waals surface area contributed by atoms with Crippen LogP contribution < -0.4 is 10.1 Å². The van der Waals surface area contributed by atoms with Gasteiger partial charge in [-0.3, -0.25) is 4.79 Å². The van der Waals surface area contributed by atoms with Gasteiger partial charge in [0.15, 0.2) is 0 Å². The number of carbonyl (C=O) groups is 2. The van der Waals surface area contributed by atoms with E-state index in [1.165, 1.54) is 6.42 Å². The van der Waals surface area contributed by atoms with Crippen molar-refractivity contribution >= 4 is 46.9 Å². The standard InChI is InChI=1S/C38H38ClN3O5.ClH/c1-38(2,23-43)41-36(44)26-12-18-32(24-8-14-29(39)15-9-24)28(20-26)22-47-31-16-10-25(11-17-31)35-40-33-21-27(37(45)46)13-19-34(33)42(35)30-6-4-3-5-7-30;/h8-21,30,43H,3-7,22-23H2,1-2H3,(H,41,44)(H,45,46);1H. The van der Waals surface area contributed by atoms with E-state index in [0.717, 1.165) is 59.3 Å². The van der Waals surface area contributed by atoms with Crippen LogP contribution in [0.25, 0.3) is 33.5 Å². The number of aliphatic hydroxyl groups excluding tert-OH is 1. The maximum absolute atomic E-state index is 13.1. The smallest absolute Gasteiger partial charge is 0.335 e. The maximum atomic E-state index is 13.1. The number of imidazole rings is 1. The first-order valence-electron chi connectivity index (χ1n) is 15.9. The SMILES string of the molecule is CC(C)(CO)NC(=O)c1ccc(-c2ccc(Cl)cc2)c(COc2ccc(-c3nc4cc(C(=O)O)ccc4n3C3CCCCC3)cc2)c1.Cl. The average Bonchev–Trinajstić information content (AvgIpc) is 3.47. The highest BCUT2D eigenvalue weighted by atomic mass is 35.5. The van der Waals surface area contributed by atoms with Gasteiger partial charge in [-0.2, -0.15) is 0 Å². The van der Waals surface area contributed by atoms with Crippen molar-refractivity contribution in [1.29, 1.82) is 0 Å². The van der Waals surface area contributed by atoms with Crippen LogP contribution in [0.2, 0.25) is 5.02 Å². The van der Waals surface area contributed by atoms with Crippen molar-refractivity contribution in [2.75, 3.05) is 6.61 Å². The fourth-order valence-corrected chi connectivity index (χ4v) is 6.32. The molecule has 3 N–H and O–H groups in total. The van der Waals surface area contributed by atoms with Crippen LogP contribution in [0.4, 0.5) is 0 Å². The zero-order valence-electron chi connectivity index (χ0n) is 26.9. The summed E-state index contributed by atoms with van der Waals surface area (Å²) in [5, 5.41) is 22.7. The molecule has 48 heavy (non-hydrogen) atoms. The lowest BCUT2D eigenvalue weighted by atomic mass is 9.95. The van der Waals surface area contributed by atoms with Gasteiger partial charge in [0.25, 0.3) is 5.91 Å². The number of rotatable bonds is 10. The molecule has 1 amide bonds. The molecule has 10 heteroatoms. The minimum absolute atomic E-state index is 0. The second kappa shape index (κ2) is 14.8. The number of fused-ring (bicyclic) bond motifs is 1. The summed E-state index contributed by atoms with van der Waals surface area (Å²) < 4.78 is 8.56. The van der Waals surface area contributed by atoms with Crippen LogP contribution in [0, 0.1) is 0 Å². The van der Waals surface area contributed by atoms with E-state index in [4.69, 9.17) is 21.3 Å². The zero-order valence-corrected chi connectivity index (χ0v) is 28.5. The predicted molar refractivity (Wildman–Crippen MR) is 191 cm³/mol. The van der Waals surface area contributed by atoms with Crippen molar-refractivity contribution in [2.24, 2.45) is 0 Å². The molecule has 250 valence electrons. The van der Waals surface area contributed by atoms with Gasteiger partial charge in [-0.1, -0.05) is 49.1 Å². The van der Waals surface area contributed by atoms with E-state index in [2.05, 4.69) is 9.88 Å². The van der Waals surface area contributed by atoms with Crippen LogP contribution in [-0.4, -0.2) is 43.8 Å². The van der Waals surface area contributed by atoms with Gasteiger partial charge < -0.3 is 24.8 Å². The van der Waals surface area contributed by atoms with Crippen molar-refractivity contribution < 1.29 is 24.5 Å². The number of carbonyl (C=O) groups excluding carboxylic acids is 1. The lowest BCUT2D eigenvalue weighted by Crippen LogP contribution is -2.46. The van der Waals surface area contributed by atoms with Gasteiger partial charge in [0.05, 0.1) is 28.7 Å². The number of benzene rings is 4. The van der Waals surface area contributed by atoms with Crippen molar-refractivity contribution in [3.8, 4) is 28.3 Å². The lowest BCUT2D eigenvalue weighted by molar-refractivity contribution is 0.0696. The summed E-state index contributed by atoms with van der Waals surface area (Å²) in [6.07, 6.45) is 5.66. The van der Waals surface area contributed by atoms with Crippen LogP contribution in [0.5, 0.6) is 5.75 Å². The van der Waals surface area contributed by atoms with Gasteiger partial charge in [0.1, 0.15) is 18.2 Å². The highest BCUT2D eigenvalue weighted by Gasteiger charge is 2.24. The molecule has 0 bridgehead atoms. The van der Waals surface area contributed by atoms with Gasteiger partial charge in [0.2, 0.25) is 0 Å². The van der Waals surface area contributed by atoms with E-state index >= 15 is 0 Å². The first-order valence-corrected chi connectivity index (χ1v) is 16.3. The Morgan fingerprint density at radius 1 is 0.917 bits per heavy atom. The number of ether oxygens (including phenoxy) is 1. The van der Waals surface area contributed by atoms with Crippen LogP contribution in [-0.2, 0) is 6.61 Å². The number of nitrogens with one attached hydrogen (secondary N) is 1. The molecule has 1 aromatic heterocycles. The average molecular weight is 689 g/mol. The van der Waals surface area contributed by atoms with Crippen LogP contribution in [0.3, 0.4) is 0 Å². The van der Waals surface area contributed by atoms with E-state index in [1.807, 2.05) is 66.7 Å². The first kappa shape index (κ1) is 35.0. The molecule has 4 aromatic carbocycles. The summed E-state index contributed by atoms with van der Waals surface area (Å²) in [6.45, 7) is 3.55. The Balaban J connectivity index is 0.00000451. The van der Waals surface area contributed by atoms with Crippen molar-refractivity contribution in [3.05, 3.63) is 107 Å². The molecule has 0 unspecified atom stereocenters. The van der Waals surface area contributed by atoms with Gasteiger partial charge in [-0.05, 0) is 110 Å². The predicted octanol–water partition coefficient (Wildman–Crippen LogP) is 8.73. The van der Waals surface area contributed by atoms with Gasteiger partial charge in [-0.25, -0.2) is 9.78 Å². The summed E-state index contributed by atoms with van der Waals surface area (Å²) in [5.74, 6) is 0.214. The number of halogens is 2. The second-order valence-electron chi connectivity index (χ2n) is 12.8. The van der Waals surface area contributed by atoms with E-state index in [1.54, 1.807) is 32.0 Å². The Bertz CT molecular complexity index is 1910. The lowest BCUT2D eigenvalue weighted by Gasteiger charge is -2.25. The minimum atomic E-state index is -0.971. The summed E-state index contributed by atoms with van der Waals surface area (Å²) >= 11 is 6.15.